The standard InChI is InChI=1S/C31H40N4O2/c1-32-29-15-9-8-14-27(29)22-28(30(32)36)24-35(31(37)26-12-6-3-7-13-26)21-20-33-16-18-34(19-17-33)23-25-10-4-2-5-11-25/h2,4-5,8-11,14-15,22,26H,3,6-7,12-13,16-21,23-24H2,1H3. The first-order chi connectivity index (χ1) is 18.1. The van der Waals surface area contributed by atoms with E-state index in [2.05, 4.69) is 40.1 Å². The number of benzene rings is 2. The number of hydrogen-bond donors (Lipinski definition) is 0. The van der Waals surface area contributed by atoms with Crippen LogP contribution in [0.15, 0.2) is 65.5 Å². The highest BCUT2D eigenvalue weighted by molar-refractivity contribution is 5.81. The summed E-state index contributed by atoms with van der Waals surface area (Å²) in [4.78, 5) is 33.9. The maximum Gasteiger partial charge on any atom is 0.255 e. The number of carbonyl (C=O) groups is 1. The molecule has 2 fully saturated rings. The van der Waals surface area contributed by atoms with Crippen molar-refractivity contribution in [3.8, 4) is 0 Å². The summed E-state index contributed by atoms with van der Waals surface area (Å²) in [6.45, 7) is 7.00. The molecule has 1 aromatic heterocycles. The highest BCUT2D eigenvalue weighted by atomic mass is 16.2. The van der Waals surface area contributed by atoms with Crippen LogP contribution < -0.4 is 5.56 Å². The average Bonchev–Trinajstić information content (AvgIpc) is 2.95. The Bertz CT molecular complexity index is 1240. The monoisotopic (exact) mass is 500 g/mol. The topological polar surface area (TPSA) is 48.8 Å². The lowest BCUT2D eigenvalue weighted by atomic mass is 9.88. The number of pyridine rings is 1. The van der Waals surface area contributed by atoms with Crippen LogP contribution in [-0.4, -0.2) is 64.4 Å². The molecule has 2 aromatic carbocycles. The molecule has 2 heterocycles. The summed E-state index contributed by atoms with van der Waals surface area (Å²) in [5.74, 6) is 0.332. The summed E-state index contributed by atoms with van der Waals surface area (Å²) in [6, 6.07) is 20.6. The number of aryl methyl sites for hydroxylation is 1. The molecule has 1 saturated heterocycles. The fraction of sp³-hybridized carbons (Fsp3) is 0.484. The molecule has 6 nitrogen and oxygen atoms in total. The Labute approximate surface area is 220 Å². The van der Waals surface area contributed by atoms with E-state index in [1.165, 1.54) is 12.0 Å². The van der Waals surface area contributed by atoms with Gasteiger partial charge in [0.2, 0.25) is 5.91 Å². The average molecular weight is 501 g/mol. The van der Waals surface area contributed by atoms with E-state index in [1.54, 1.807) is 4.57 Å². The van der Waals surface area contributed by atoms with Crippen LogP contribution in [0.5, 0.6) is 0 Å². The molecule has 2 aliphatic rings. The summed E-state index contributed by atoms with van der Waals surface area (Å²) >= 11 is 0. The van der Waals surface area contributed by atoms with Gasteiger partial charge >= 0.3 is 0 Å². The third-order valence-corrected chi connectivity index (χ3v) is 8.23. The van der Waals surface area contributed by atoms with Crippen molar-refractivity contribution < 1.29 is 4.79 Å². The van der Waals surface area contributed by atoms with Crippen LogP contribution in [0.4, 0.5) is 0 Å². The van der Waals surface area contributed by atoms with Crippen molar-refractivity contribution in [2.24, 2.45) is 13.0 Å². The first kappa shape index (κ1) is 25.7. The van der Waals surface area contributed by atoms with Crippen molar-refractivity contribution in [3.05, 3.63) is 82.1 Å². The van der Waals surface area contributed by atoms with Gasteiger partial charge in [0.05, 0.1) is 12.1 Å². The Morgan fingerprint density at radius 3 is 2.32 bits per heavy atom. The Balaban J connectivity index is 1.25. The van der Waals surface area contributed by atoms with Gasteiger partial charge in [-0.3, -0.25) is 19.4 Å². The molecule has 1 aliphatic carbocycles. The molecule has 1 aliphatic heterocycles. The van der Waals surface area contributed by atoms with E-state index in [0.29, 0.717) is 18.7 Å². The summed E-state index contributed by atoms with van der Waals surface area (Å²) in [5.41, 5.74) is 2.99. The van der Waals surface area contributed by atoms with E-state index in [0.717, 1.165) is 75.9 Å². The van der Waals surface area contributed by atoms with Crippen LogP contribution in [0.25, 0.3) is 10.9 Å². The molecule has 1 saturated carbocycles. The Morgan fingerprint density at radius 2 is 1.57 bits per heavy atom. The number of aromatic nitrogens is 1. The molecule has 3 aromatic rings. The number of hydrogen-bond acceptors (Lipinski definition) is 4. The van der Waals surface area contributed by atoms with Crippen LogP contribution in [0.2, 0.25) is 0 Å². The second kappa shape index (κ2) is 12.1. The molecule has 1 amide bonds. The van der Waals surface area contributed by atoms with E-state index < -0.39 is 0 Å². The fourth-order valence-electron chi connectivity index (χ4n) is 5.96. The lowest BCUT2D eigenvalue weighted by Gasteiger charge is -2.36. The molecule has 196 valence electrons. The van der Waals surface area contributed by atoms with Crippen molar-refractivity contribution in [1.82, 2.24) is 19.3 Å². The predicted octanol–water partition coefficient (Wildman–Crippen LogP) is 4.27. The molecule has 0 N–H and O–H groups in total. The van der Waals surface area contributed by atoms with Gasteiger partial charge in [0.15, 0.2) is 0 Å². The number of para-hydroxylation sites is 1. The lowest BCUT2D eigenvalue weighted by molar-refractivity contribution is -0.137. The van der Waals surface area contributed by atoms with Gasteiger partial charge in [-0.2, -0.15) is 0 Å². The van der Waals surface area contributed by atoms with Crippen molar-refractivity contribution in [2.75, 3.05) is 39.3 Å². The summed E-state index contributed by atoms with van der Waals surface area (Å²) in [6.07, 6.45) is 5.44. The van der Waals surface area contributed by atoms with Crippen LogP contribution in [0.3, 0.4) is 0 Å². The van der Waals surface area contributed by atoms with Crippen LogP contribution in [0, 0.1) is 5.92 Å². The van der Waals surface area contributed by atoms with Gasteiger partial charge in [-0.25, -0.2) is 0 Å². The number of nitrogens with zero attached hydrogens (tertiary/aromatic N) is 4. The van der Waals surface area contributed by atoms with Gasteiger partial charge in [0.1, 0.15) is 0 Å². The maximum atomic E-state index is 13.7. The molecular weight excluding hydrogens is 460 g/mol. The van der Waals surface area contributed by atoms with Crippen LogP contribution in [0.1, 0.15) is 43.2 Å². The highest BCUT2D eigenvalue weighted by Gasteiger charge is 2.27. The Hall–Kier alpha value is -2.96. The third kappa shape index (κ3) is 6.31. The van der Waals surface area contributed by atoms with Gasteiger partial charge in [0, 0.05) is 64.3 Å². The van der Waals surface area contributed by atoms with Gasteiger partial charge in [-0.05, 0) is 35.9 Å². The minimum atomic E-state index is -0.00493. The highest BCUT2D eigenvalue weighted by Crippen LogP contribution is 2.26. The molecule has 0 unspecified atom stereocenters. The van der Waals surface area contributed by atoms with E-state index in [9.17, 15) is 9.59 Å². The molecule has 5 rings (SSSR count). The summed E-state index contributed by atoms with van der Waals surface area (Å²) in [7, 11) is 1.83. The molecule has 0 radical (unpaired) electrons. The fourth-order valence-corrected chi connectivity index (χ4v) is 5.96. The van der Waals surface area contributed by atoms with Crippen molar-refractivity contribution in [3.63, 3.8) is 0 Å². The normalized spacial score (nSPS) is 17.8. The third-order valence-electron chi connectivity index (χ3n) is 8.23. The second-order valence-corrected chi connectivity index (χ2v) is 10.8. The number of piperazine rings is 1. The molecule has 0 bridgehead atoms. The van der Waals surface area contributed by atoms with Gasteiger partial charge < -0.3 is 9.47 Å². The largest absolute Gasteiger partial charge is 0.337 e. The molecule has 37 heavy (non-hydrogen) atoms. The zero-order valence-corrected chi connectivity index (χ0v) is 22.1. The second-order valence-electron chi connectivity index (χ2n) is 10.8. The Morgan fingerprint density at radius 1 is 0.892 bits per heavy atom. The lowest BCUT2D eigenvalue weighted by Crippen LogP contribution is -2.49. The van der Waals surface area contributed by atoms with Gasteiger partial charge in [-0.15, -0.1) is 0 Å². The molecule has 0 spiro atoms. The minimum Gasteiger partial charge on any atom is -0.337 e. The van der Waals surface area contributed by atoms with Gasteiger partial charge in [0.25, 0.3) is 5.56 Å². The number of amides is 1. The number of carbonyl (C=O) groups excluding carboxylic acids is 1. The first-order valence-corrected chi connectivity index (χ1v) is 13.9. The zero-order chi connectivity index (χ0) is 25.6. The van der Waals surface area contributed by atoms with Crippen molar-refractivity contribution >= 4 is 16.8 Å². The van der Waals surface area contributed by atoms with E-state index in [4.69, 9.17) is 0 Å². The molecule has 6 heteroatoms. The number of rotatable bonds is 8. The van der Waals surface area contributed by atoms with E-state index >= 15 is 0 Å². The zero-order valence-electron chi connectivity index (χ0n) is 22.1. The molecular formula is C31H40N4O2. The predicted molar refractivity (Wildman–Crippen MR) is 149 cm³/mol. The Kier molecular flexibility index (Phi) is 8.37. The first-order valence-electron chi connectivity index (χ1n) is 13.9. The minimum absolute atomic E-state index is 0.00493. The quantitative estimate of drug-likeness (QED) is 0.464. The SMILES string of the molecule is Cn1c(=O)c(CN(CCN2CCN(Cc3ccccc3)CC2)C(=O)C2CCCCC2)cc2ccccc21. The summed E-state index contributed by atoms with van der Waals surface area (Å²) in [5, 5.41) is 1.04. The molecule has 0 atom stereocenters. The van der Waals surface area contributed by atoms with Crippen molar-refractivity contribution in [1.29, 1.82) is 0 Å². The number of fused-ring (bicyclic) bond motifs is 1. The maximum absolute atomic E-state index is 13.7. The van der Waals surface area contributed by atoms with Gasteiger partial charge in [-0.1, -0.05) is 67.8 Å². The van der Waals surface area contributed by atoms with E-state index in [1.807, 2.05) is 42.3 Å². The van der Waals surface area contributed by atoms with Crippen molar-refractivity contribution in [2.45, 2.75) is 45.2 Å². The smallest absolute Gasteiger partial charge is 0.255 e. The van der Waals surface area contributed by atoms with Crippen LogP contribution in [-0.2, 0) is 24.9 Å². The van der Waals surface area contributed by atoms with E-state index in [-0.39, 0.29) is 17.4 Å². The summed E-state index contributed by atoms with van der Waals surface area (Å²) < 4.78 is 1.72. The van der Waals surface area contributed by atoms with Crippen LogP contribution >= 0.6 is 0 Å².